The maximum absolute atomic E-state index is 5.62. The highest BCUT2D eigenvalue weighted by molar-refractivity contribution is 6.11. The number of hydrogen-bond acceptors (Lipinski definition) is 0. The fraction of sp³-hybridized carbons (Fsp3) is 0.333. The zero-order valence-corrected chi connectivity index (χ0v) is 6.25. The van der Waals surface area contributed by atoms with E-state index in [0.29, 0.717) is 0 Å². The van der Waals surface area contributed by atoms with Crippen LogP contribution < -0.4 is 0 Å². The average molecular weight is 130 g/mol. The lowest BCUT2D eigenvalue weighted by atomic mass is 9.84. The summed E-state index contributed by atoms with van der Waals surface area (Å²) in [6.07, 6.45) is 0.973. The van der Waals surface area contributed by atoms with Crippen molar-refractivity contribution < 1.29 is 0 Å². The van der Waals surface area contributed by atoms with Gasteiger partial charge in [-0.3, -0.25) is 0 Å². The third kappa shape index (κ3) is 2.26. The highest BCUT2D eigenvalue weighted by atomic mass is 13.9. The van der Waals surface area contributed by atoms with E-state index in [1.165, 1.54) is 5.56 Å². The predicted molar refractivity (Wildman–Crippen MR) is 45.3 cm³/mol. The van der Waals surface area contributed by atoms with Crippen LogP contribution in [0.4, 0.5) is 0 Å². The number of benzene rings is 1. The molecule has 2 radical (unpaired) electrons. The van der Waals surface area contributed by atoms with Gasteiger partial charge >= 0.3 is 0 Å². The monoisotopic (exact) mass is 130 g/mol. The van der Waals surface area contributed by atoms with Gasteiger partial charge in [-0.2, -0.15) is 0 Å². The predicted octanol–water partition coefficient (Wildman–Crippen LogP) is 2.21. The molecule has 0 aliphatic rings. The molecule has 1 heteroatoms. The van der Waals surface area contributed by atoms with Crippen LogP contribution in [0.1, 0.15) is 12.5 Å². The summed E-state index contributed by atoms with van der Waals surface area (Å²) < 4.78 is 0. The molecule has 0 saturated heterocycles. The van der Waals surface area contributed by atoms with E-state index >= 15 is 0 Å². The highest BCUT2D eigenvalue weighted by Crippen LogP contribution is 2.08. The van der Waals surface area contributed by atoms with E-state index in [1.54, 1.807) is 0 Å². The summed E-state index contributed by atoms with van der Waals surface area (Å²) in [5.41, 5.74) is 1.32. The molecule has 1 aromatic rings. The van der Waals surface area contributed by atoms with E-state index < -0.39 is 0 Å². The zero-order valence-electron chi connectivity index (χ0n) is 6.25. The summed E-state index contributed by atoms with van der Waals surface area (Å²) in [6, 6.07) is 10.3. The SMILES string of the molecule is [B][C@@H](C)Cc1ccccc1. The Kier molecular flexibility index (Phi) is 2.55. The topological polar surface area (TPSA) is 0 Å². The maximum Gasteiger partial charge on any atom is 0.0700 e. The van der Waals surface area contributed by atoms with E-state index in [2.05, 4.69) is 12.1 Å². The largest absolute Gasteiger partial charge is 0.0762 e. The Bertz CT molecular complexity index is 179. The van der Waals surface area contributed by atoms with Gasteiger partial charge in [0.15, 0.2) is 0 Å². The van der Waals surface area contributed by atoms with Gasteiger partial charge in [0.25, 0.3) is 0 Å². The third-order valence-electron chi connectivity index (χ3n) is 1.40. The van der Waals surface area contributed by atoms with Crippen LogP contribution >= 0.6 is 0 Å². The van der Waals surface area contributed by atoms with Crippen LogP contribution in [-0.4, -0.2) is 7.85 Å². The third-order valence-corrected chi connectivity index (χ3v) is 1.40. The number of hydrogen-bond donors (Lipinski definition) is 0. The van der Waals surface area contributed by atoms with Crippen LogP contribution in [0.15, 0.2) is 30.3 Å². The van der Waals surface area contributed by atoms with Crippen LogP contribution in [0, 0.1) is 0 Å². The standard InChI is InChI=1S/C9H11B/c1-8(10)7-9-5-3-2-4-6-9/h2-6,8H,7H2,1H3/t8-/m0/s1. The normalized spacial score (nSPS) is 12.9. The Morgan fingerprint density at radius 1 is 1.30 bits per heavy atom. The first-order valence-corrected chi connectivity index (χ1v) is 3.58. The smallest absolute Gasteiger partial charge is 0.0700 e. The minimum absolute atomic E-state index is 0.266. The zero-order chi connectivity index (χ0) is 7.40. The molecule has 0 aliphatic heterocycles. The minimum Gasteiger partial charge on any atom is -0.0762 e. The molecule has 50 valence electrons. The molecule has 0 fully saturated rings. The van der Waals surface area contributed by atoms with Gasteiger partial charge in [0.1, 0.15) is 0 Å². The lowest BCUT2D eigenvalue weighted by Gasteiger charge is -2.02. The summed E-state index contributed by atoms with van der Waals surface area (Å²) in [5, 5.41) is 0. The molecule has 1 aromatic carbocycles. The van der Waals surface area contributed by atoms with Crippen LogP contribution in [0.5, 0.6) is 0 Å². The van der Waals surface area contributed by atoms with Gasteiger partial charge < -0.3 is 0 Å². The van der Waals surface area contributed by atoms with E-state index in [4.69, 9.17) is 7.85 Å². The molecule has 0 N–H and O–H groups in total. The Hall–Kier alpha value is -0.715. The molecule has 0 spiro atoms. The van der Waals surface area contributed by atoms with Gasteiger partial charge in [0.05, 0.1) is 7.85 Å². The van der Waals surface area contributed by atoms with Crippen molar-refractivity contribution in [2.24, 2.45) is 0 Å². The molecule has 0 saturated carbocycles. The van der Waals surface area contributed by atoms with Crippen molar-refractivity contribution in [3.63, 3.8) is 0 Å². The van der Waals surface area contributed by atoms with Crippen molar-refractivity contribution in [3.05, 3.63) is 35.9 Å². The van der Waals surface area contributed by atoms with Gasteiger partial charge in [-0.1, -0.05) is 43.1 Å². The molecule has 0 heterocycles. The molecule has 10 heavy (non-hydrogen) atoms. The first kappa shape index (κ1) is 7.39. The van der Waals surface area contributed by atoms with E-state index in [0.717, 1.165) is 6.42 Å². The summed E-state index contributed by atoms with van der Waals surface area (Å²) in [6.45, 7) is 2.02. The quantitative estimate of drug-likeness (QED) is 0.538. The van der Waals surface area contributed by atoms with Crippen LogP contribution in [0.25, 0.3) is 0 Å². The van der Waals surface area contributed by atoms with Crippen LogP contribution in [0.2, 0.25) is 5.82 Å². The Morgan fingerprint density at radius 3 is 2.40 bits per heavy atom. The van der Waals surface area contributed by atoms with Crippen molar-refractivity contribution in [2.75, 3.05) is 0 Å². The lowest BCUT2D eigenvalue weighted by molar-refractivity contribution is 0.916. The van der Waals surface area contributed by atoms with Crippen molar-refractivity contribution in [2.45, 2.75) is 19.2 Å². The molecule has 0 unspecified atom stereocenters. The second-order valence-electron chi connectivity index (χ2n) is 2.67. The second kappa shape index (κ2) is 3.45. The fourth-order valence-corrected chi connectivity index (χ4v) is 0.986. The fourth-order valence-electron chi connectivity index (χ4n) is 0.986. The van der Waals surface area contributed by atoms with Gasteiger partial charge in [0, 0.05) is 0 Å². The lowest BCUT2D eigenvalue weighted by Crippen LogP contribution is -1.90. The maximum atomic E-state index is 5.62. The summed E-state index contributed by atoms with van der Waals surface area (Å²) in [5.74, 6) is 0.266. The molecule has 0 aliphatic carbocycles. The molecular weight excluding hydrogens is 119 g/mol. The molecule has 1 rings (SSSR count). The van der Waals surface area contributed by atoms with E-state index in [1.807, 2.05) is 25.1 Å². The Labute approximate surface area is 63.7 Å². The van der Waals surface area contributed by atoms with Crippen molar-refractivity contribution >= 4 is 7.85 Å². The molecule has 0 amide bonds. The Balaban J connectivity index is 2.59. The first-order chi connectivity index (χ1) is 4.79. The van der Waals surface area contributed by atoms with E-state index in [9.17, 15) is 0 Å². The van der Waals surface area contributed by atoms with Gasteiger partial charge in [-0.05, 0) is 12.0 Å². The van der Waals surface area contributed by atoms with Gasteiger partial charge in [-0.15, -0.1) is 0 Å². The molecule has 0 aromatic heterocycles. The van der Waals surface area contributed by atoms with Crippen molar-refractivity contribution in [1.29, 1.82) is 0 Å². The van der Waals surface area contributed by atoms with Gasteiger partial charge in [0.2, 0.25) is 0 Å². The van der Waals surface area contributed by atoms with Crippen LogP contribution in [0.3, 0.4) is 0 Å². The minimum atomic E-state index is 0.266. The van der Waals surface area contributed by atoms with Crippen molar-refractivity contribution in [1.82, 2.24) is 0 Å². The second-order valence-corrected chi connectivity index (χ2v) is 2.67. The average Bonchev–Trinajstić information content (AvgIpc) is 1.88. The van der Waals surface area contributed by atoms with Crippen molar-refractivity contribution in [3.8, 4) is 0 Å². The molecule has 0 nitrogen and oxygen atoms in total. The van der Waals surface area contributed by atoms with Crippen LogP contribution in [-0.2, 0) is 6.42 Å². The highest BCUT2D eigenvalue weighted by Gasteiger charge is 1.93. The first-order valence-electron chi connectivity index (χ1n) is 3.58. The molecule has 0 bridgehead atoms. The Morgan fingerprint density at radius 2 is 1.90 bits per heavy atom. The summed E-state index contributed by atoms with van der Waals surface area (Å²) >= 11 is 0. The number of rotatable bonds is 2. The molecular formula is C9H11B. The van der Waals surface area contributed by atoms with Gasteiger partial charge in [-0.25, -0.2) is 0 Å². The summed E-state index contributed by atoms with van der Waals surface area (Å²) in [7, 11) is 5.62. The molecule has 1 atom stereocenters. The summed E-state index contributed by atoms with van der Waals surface area (Å²) in [4.78, 5) is 0. The van der Waals surface area contributed by atoms with E-state index in [-0.39, 0.29) is 5.82 Å².